The molecule has 0 unspecified atom stereocenters. The largest absolute Gasteiger partial charge is 0.437 e. The molecule has 4 nitrogen and oxygen atoms in total. The molecular weight excluding hydrogens is 290 g/mol. The zero-order chi connectivity index (χ0) is 15.4. The Labute approximate surface area is 134 Å². The van der Waals surface area contributed by atoms with Crippen molar-refractivity contribution in [2.75, 3.05) is 0 Å². The monoisotopic (exact) mass is 309 g/mol. The van der Waals surface area contributed by atoms with E-state index >= 15 is 0 Å². The molecule has 2 aromatic rings. The van der Waals surface area contributed by atoms with Gasteiger partial charge in [0.2, 0.25) is 5.89 Å². The summed E-state index contributed by atoms with van der Waals surface area (Å²) in [4.78, 5) is 15.0. The van der Waals surface area contributed by atoms with Gasteiger partial charge >= 0.3 is 0 Å². The molecule has 1 aromatic carbocycles. The maximum atomic E-state index is 10.4. The highest BCUT2D eigenvalue weighted by molar-refractivity contribution is 5.76. The van der Waals surface area contributed by atoms with Gasteiger partial charge in [-0.2, -0.15) is 0 Å². The van der Waals surface area contributed by atoms with Crippen LogP contribution in [-0.2, 0) is 4.79 Å². The minimum absolute atomic E-state index is 0.426. The number of fused-ring (bicyclic) bond motifs is 1. The van der Waals surface area contributed by atoms with Crippen LogP contribution < -0.4 is 4.74 Å². The van der Waals surface area contributed by atoms with Gasteiger partial charge in [-0.15, -0.1) is 0 Å². The van der Waals surface area contributed by atoms with Gasteiger partial charge in [0, 0.05) is 12.1 Å². The third-order valence-electron chi connectivity index (χ3n) is 5.93. The van der Waals surface area contributed by atoms with Gasteiger partial charge in [0.05, 0.1) is 0 Å². The second kappa shape index (κ2) is 4.95. The van der Waals surface area contributed by atoms with Crippen LogP contribution in [0.2, 0.25) is 0 Å². The average molecular weight is 309 g/mol. The molecule has 6 rings (SSSR count). The lowest BCUT2D eigenvalue weighted by molar-refractivity contribution is -0.120. The summed E-state index contributed by atoms with van der Waals surface area (Å²) in [5.41, 5.74) is 3.03. The molecule has 0 aliphatic heterocycles. The Morgan fingerprint density at radius 1 is 1.09 bits per heavy atom. The summed E-state index contributed by atoms with van der Waals surface area (Å²) < 4.78 is 10.7. The highest BCUT2D eigenvalue weighted by atomic mass is 16.5. The minimum Gasteiger partial charge on any atom is -0.437 e. The van der Waals surface area contributed by atoms with E-state index in [2.05, 4.69) is 11.1 Å². The molecule has 4 aliphatic carbocycles. The Hall–Kier alpha value is -2.10. The zero-order valence-electron chi connectivity index (χ0n) is 12.9. The van der Waals surface area contributed by atoms with Crippen molar-refractivity contribution in [1.82, 2.24) is 4.98 Å². The van der Waals surface area contributed by atoms with Gasteiger partial charge in [0.1, 0.15) is 11.3 Å². The molecule has 0 saturated heterocycles. The maximum absolute atomic E-state index is 10.4. The van der Waals surface area contributed by atoms with Crippen LogP contribution in [0.3, 0.4) is 0 Å². The van der Waals surface area contributed by atoms with Gasteiger partial charge in [-0.05, 0) is 67.9 Å². The first-order valence-corrected chi connectivity index (χ1v) is 8.51. The summed E-state index contributed by atoms with van der Waals surface area (Å²) >= 11 is 0. The van der Waals surface area contributed by atoms with Crippen molar-refractivity contribution in [3.63, 3.8) is 0 Å². The van der Waals surface area contributed by atoms with E-state index < -0.39 is 0 Å². The van der Waals surface area contributed by atoms with Gasteiger partial charge in [-0.3, -0.25) is 4.79 Å². The summed E-state index contributed by atoms with van der Waals surface area (Å²) in [6.07, 6.45) is 9.08. The molecule has 118 valence electrons. The maximum Gasteiger partial charge on any atom is 0.298 e. The van der Waals surface area contributed by atoms with Crippen LogP contribution in [0.5, 0.6) is 5.75 Å². The van der Waals surface area contributed by atoms with Gasteiger partial charge in [0.25, 0.3) is 6.47 Å². The first kappa shape index (κ1) is 13.3. The first-order chi connectivity index (χ1) is 11.3. The van der Waals surface area contributed by atoms with E-state index in [-0.39, 0.29) is 0 Å². The van der Waals surface area contributed by atoms with Crippen molar-refractivity contribution in [3.8, 4) is 5.75 Å². The molecule has 0 spiro atoms. The van der Waals surface area contributed by atoms with Crippen LogP contribution in [0.15, 0.2) is 28.2 Å². The quantitative estimate of drug-likeness (QED) is 0.797. The second-order valence-electron chi connectivity index (χ2n) is 7.34. The highest BCUT2D eigenvalue weighted by Gasteiger charge is 2.45. The number of benzene rings is 1. The predicted octanol–water partition coefficient (Wildman–Crippen LogP) is 4.20. The normalized spacial score (nSPS) is 31.6. The standard InChI is InChI=1S/C19H19NO3/c21-10-22-15-1-2-17-18(8-15)23-19(20-17)9-16-13-4-11-3-12(6-13)7-14(16)5-11/h1-2,8-14H,3-7H2. The van der Waals surface area contributed by atoms with Crippen molar-refractivity contribution in [2.24, 2.45) is 23.7 Å². The fourth-order valence-corrected chi connectivity index (χ4v) is 5.22. The Kier molecular flexibility index (Phi) is 2.87. The molecule has 0 N–H and O–H groups in total. The van der Waals surface area contributed by atoms with Crippen molar-refractivity contribution < 1.29 is 13.9 Å². The first-order valence-electron chi connectivity index (χ1n) is 8.51. The molecule has 4 saturated carbocycles. The third-order valence-corrected chi connectivity index (χ3v) is 5.93. The van der Waals surface area contributed by atoms with E-state index in [0.29, 0.717) is 23.7 Å². The molecule has 4 bridgehead atoms. The summed E-state index contributed by atoms with van der Waals surface area (Å²) in [6.45, 7) is 0.426. The van der Waals surface area contributed by atoms with Crippen LogP contribution in [0, 0.1) is 23.7 Å². The lowest BCUT2D eigenvalue weighted by atomic mass is 9.54. The molecule has 4 fully saturated rings. The molecule has 1 heterocycles. The molecule has 4 heteroatoms. The van der Waals surface area contributed by atoms with Crippen LogP contribution in [-0.4, -0.2) is 11.5 Å². The third kappa shape index (κ3) is 2.19. The molecule has 4 aliphatic rings. The number of ether oxygens (including phenoxy) is 1. The number of carbonyl (C=O) groups excluding carboxylic acids is 1. The fraction of sp³-hybridized carbons (Fsp3) is 0.474. The second-order valence-corrected chi connectivity index (χ2v) is 7.34. The Balaban J connectivity index is 1.49. The number of rotatable bonds is 3. The van der Waals surface area contributed by atoms with E-state index in [0.717, 1.165) is 29.2 Å². The van der Waals surface area contributed by atoms with Crippen molar-refractivity contribution >= 4 is 23.6 Å². The fourth-order valence-electron chi connectivity index (χ4n) is 5.22. The van der Waals surface area contributed by atoms with E-state index in [1.807, 2.05) is 6.07 Å². The number of oxazole rings is 1. The number of allylic oxidation sites excluding steroid dienone is 1. The van der Waals surface area contributed by atoms with Crippen LogP contribution in [0.4, 0.5) is 0 Å². The number of nitrogens with zero attached hydrogens (tertiary/aromatic N) is 1. The minimum atomic E-state index is 0.426. The van der Waals surface area contributed by atoms with Crippen molar-refractivity contribution in [1.29, 1.82) is 0 Å². The Morgan fingerprint density at radius 3 is 2.52 bits per heavy atom. The molecule has 23 heavy (non-hydrogen) atoms. The van der Waals surface area contributed by atoms with Crippen LogP contribution >= 0.6 is 0 Å². The number of aromatic nitrogens is 1. The van der Waals surface area contributed by atoms with Crippen molar-refractivity contribution in [2.45, 2.75) is 32.1 Å². The van der Waals surface area contributed by atoms with Crippen molar-refractivity contribution in [3.05, 3.63) is 29.7 Å². The lowest BCUT2D eigenvalue weighted by Gasteiger charge is -2.51. The van der Waals surface area contributed by atoms with E-state index in [9.17, 15) is 4.79 Å². The average Bonchev–Trinajstić information content (AvgIpc) is 2.92. The summed E-state index contributed by atoms with van der Waals surface area (Å²) in [6, 6.07) is 5.28. The van der Waals surface area contributed by atoms with Crippen LogP contribution in [0.25, 0.3) is 17.2 Å². The van der Waals surface area contributed by atoms with Gasteiger partial charge in [-0.25, -0.2) is 4.98 Å². The molecule has 0 amide bonds. The van der Waals surface area contributed by atoms with Crippen LogP contribution in [0.1, 0.15) is 38.0 Å². The van der Waals surface area contributed by atoms with E-state index in [4.69, 9.17) is 9.15 Å². The number of hydrogen-bond acceptors (Lipinski definition) is 4. The smallest absolute Gasteiger partial charge is 0.298 e. The van der Waals surface area contributed by atoms with Gasteiger partial charge < -0.3 is 9.15 Å². The predicted molar refractivity (Wildman–Crippen MR) is 85.7 cm³/mol. The molecule has 0 atom stereocenters. The summed E-state index contributed by atoms with van der Waals surface area (Å²) in [5, 5.41) is 0. The highest BCUT2D eigenvalue weighted by Crippen LogP contribution is 2.56. The summed E-state index contributed by atoms with van der Waals surface area (Å²) in [5.74, 6) is 4.58. The number of carbonyl (C=O) groups is 1. The molecule has 1 aromatic heterocycles. The van der Waals surface area contributed by atoms with E-state index in [1.54, 1.807) is 17.7 Å². The zero-order valence-corrected chi connectivity index (χ0v) is 12.9. The molecular formula is C19H19NO3. The van der Waals surface area contributed by atoms with Gasteiger partial charge in [0.15, 0.2) is 5.58 Å². The SMILES string of the molecule is O=COc1ccc2nc(C=C3C4CC5CC(C4)CC3C5)oc2c1. The summed E-state index contributed by atoms with van der Waals surface area (Å²) in [7, 11) is 0. The van der Waals surface area contributed by atoms with Gasteiger partial charge in [-0.1, -0.05) is 5.57 Å². The molecule has 0 radical (unpaired) electrons. The Morgan fingerprint density at radius 2 is 1.83 bits per heavy atom. The topological polar surface area (TPSA) is 52.3 Å². The lowest BCUT2D eigenvalue weighted by Crippen LogP contribution is -2.40. The number of hydrogen-bond donors (Lipinski definition) is 0. The Bertz CT molecular complexity index is 774. The van der Waals surface area contributed by atoms with E-state index in [1.165, 1.54) is 32.1 Å².